The summed E-state index contributed by atoms with van der Waals surface area (Å²) in [6, 6.07) is 7.92. The normalized spacial score (nSPS) is 15.0. The Balaban J connectivity index is 1.41. The Morgan fingerprint density at radius 3 is 2.57 bits per heavy atom. The molecule has 0 unspecified atom stereocenters. The molecule has 1 aliphatic heterocycles. The average molecular weight is 387 g/mol. The van der Waals surface area contributed by atoms with Gasteiger partial charge in [0, 0.05) is 39.1 Å². The number of methoxy groups -OCH3 is 1. The lowest BCUT2D eigenvalue weighted by molar-refractivity contribution is -0.133. The second-order valence-electron chi connectivity index (χ2n) is 7.18. The molecule has 2 heterocycles. The van der Waals surface area contributed by atoms with E-state index in [9.17, 15) is 4.79 Å². The molecule has 0 N–H and O–H groups in total. The number of rotatable bonds is 9. The monoisotopic (exact) mass is 386 g/mol. The molecule has 8 heteroatoms. The number of hydrogen-bond acceptors (Lipinski definition) is 6. The quantitative estimate of drug-likeness (QED) is 0.654. The number of nitrogens with zero attached hydrogens (tertiary/aromatic N) is 6. The van der Waals surface area contributed by atoms with E-state index in [1.165, 1.54) is 0 Å². The Morgan fingerprint density at radius 2 is 1.89 bits per heavy atom. The smallest absolute Gasteiger partial charge is 0.222 e. The summed E-state index contributed by atoms with van der Waals surface area (Å²) in [6.07, 6.45) is 3.50. The molecule has 0 spiro atoms. The Hall–Kier alpha value is -2.48. The highest BCUT2D eigenvalue weighted by atomic mass is 16.5. The van der Waals surface area contributed by atoms with Crippen molar-refractivity contribution < 1.29 is 9.53 Å². The Kier molecular flexibility index (Phi) is 7.36. The molecule has 0 aliphatic carbocycles. The van der Waals surface area contributed by atoms with E-state index in [0.717, 1.165) is 75.7 Å². The van der Waals surface area contributed by atoms with Crippen molar-refractivity contribution in [1.82, 2.24) is 30.0 Å². The minimum atomic E-state index is 0.225. The van der Waals surface area contributed by atoms with Gasteiger partial charge in [0.05, 0.1) is 13.7 Å². The van der Waals surface area contributed by atoms with Crippen LogP contribution >= 0.6 is 0 Å². The number of aryl methyl sites for hydroxylation is 2. The van der Waals surface area contributed by atoms with Crippen LogP contribution in [0.5, 0.6) is 5.75 Å². The lowest BCUT2D eigenvalue weighted by Gasteiger charge is -2.34. The molecule has 1 saturated heterocycles. The van der Waals surface area contributed by atoms with Gasteiger partial charge >= 0.3 is 0 Å². The Labute approximate surface area is 166 Å². The number of hydrogen-bond donors (Lipinski definition) is 0. The molecule has 152 valence electrons. The molecule has 1 aliphatic rings. The molecule has 1 amide bonds. The molecule has 0 radical (unpaired) electrons. The molecule has 0 saturated carbocycles. The van der Waals surface area contributed by atoms with E-state index in [1.807, 2.05) is 33.8 Å². The topological polar surface area (TPSA) is 76.4 Å². The van der Waals surface area contributed by atoms with Crippen LogP contribution in [0.15, 0.2) is 24.3 Å². The number of carbonyl (C=O) groups is 1. The maximum absolute atomic E-state index is 12.5. The Bertz CT molecular complexity index is 737. The predicted octanol–water partition coefficient (Wildman–Crippen LogP) is 1.76. The second kappa shape index (κ2) is 10.2. The fourth-order valence-electron chi connectivity index (χ4n) is 3.38. The minimum absolute atomic E-state index is 0.225. The van der Waals surface area contributed by atoms with Crippen LogP contribution in [0.25, 0.3) is 0 Å². The van der Waals surface area contributed by atoms with Crippen molar-refractivity contribution >= 4 is 5.91 Å². The number of piperazine rings is 1. The first-order valence-electron chi connectivity index (χ1n) is 10.1. The highest BCUT2D eigenvalue weighted by Gasteiger charge is 2.22. The van der Waals surface area contributed by atoms with Crippen LogP contribution < -0.4 is 4.74 Å². The van der Waals surface area contributed by atoms with Gasteiger partial charge in [-0.1, -0.05) is 25.5 Å². The van der Waals surface area contributed by atoms with Gasteiger partial charge in [-0.2, -0.15) is 0 Å². The first-order chi connectivity index (χ1) is 13.7. The summed E-state index contributed by atoms with van der Waals surface area (Å²) in [5, 5.41) is 12.1. The molecule has 1 aromatic heterocycles. The summed E-state index contributed by atoms with van der Waals surface area (Å²) in [4.78, 5) is 16.8. The van der Waals surface area contributed by atoms with Crippen LogP contribution in [0.2, 0.25) is 0 Å². The molecule has 0 bridgehead atoms. The van der Waals surface area contributed by atoms with Crippen LogP contribution in [-0.2, 0) is 24.3 Å². The van der Waals surface area contributed by atoms with Crippen molar-refractivity contribution in [3.63, 3.8) is 0 Å². The predicted molar refractivity (Wildman–Crippen MR) is 106 cm³/mol. The number of tetrazole rings is 1. The van der Waals surface area contributed by atoms with Crippen molar-refractivity contribution in [1.29, 1.82) is 0 Å². The summed E-state index contributed by atoms with van der Waals surface area (Å²) in [5.41, 5.74) is 1.16. The van der Waals surface area contributed by atoms with Crippen LogP contribution in [0.1, 0.15) is 37.6 Å². The maximum atomic E-state index is 12.5. The van der Waals surface area contributed by atoms with Crippen molar-refractivity contribution in [3.8, 4) is 5.75 Å². The van der Waals surface area contributed by atoms with Crippen molar-refractivity contribution in [3.05, 3.63) is 35.7 Å². The van der Waals surface area contributed by atoms with Gasteiger partial charge in [-0.15, -0.1) is 5.10 Å². The molecule has 2 aromatic rings. The summed E-state index contributed by atoms with van der Waals surface area (Å²) < 4.78 is 7.07. The van der Waals surface area contributed by atoms with Gasteiger partial charge in [0.25, 0.3) is 0 Å². The fraction of sp³-hybridized carbons (Fsp3) is 0.600. The number of amides is 1. The number of unbranched alkanes of at least 4 members (excludes halogenated alkanes) is 1. The third kappa shape index (κ3) is 5.51. The van der Waals surface area contributed by atoms with E-state index in [-0.39, 0.29) is 5.91 Å². The van der Waals surface area contributed by atoms with Gasteiger partial charge in [0.15, 0.2) is 5.82 Å². The molecule has 0 atom stereocenters. The number of benzene rings is 1. The van der Waals surface area contributed by atoms with E-state index in [4.69, 9.17) is 4.74 Å². The SMILES string of the molecule is CCCCn1nnnc1CN1CCN(C(=O)CCc2ccc(OC)cc2)CC1. The number of aromatic nitrogens is 4. The molecule has 3 rings (SSSR count). The van der Waals surface area contributed by atoms with Crippen LogP contribution in [0, 0.1) is 0 Å². The van der Waals surface area contributed by atoms with Crippen LogP contribution in [0.4, 0.5) is 0 Å². The van der Waals surface area contributed by atoms with Crippen molar-refractivity contribution in [2.75, 3.05) is 33.3 Å². The highest BCUT2D eigenvalue weighted by Crippen LogP contribution is 2.14. The largest absolute Gasteiger partial charge is 0.497 e. The molecular weight excluding hydrogens is 356 g/mol. The number of carbonyl (C=O) groups excluding carboxylic acids is 1. The number of ether oxygens (including phenoxy) is 1. The van der Waals surface area contributed by atoms with Gasteiger partial charge in [0.1, 0.15) is 5.75 Å². The average Bonchev–Trinajstić information content (AvgIpc) is 3.18. The van der Waals surface area contributed by atoms with E-state index < -0.39 is 0 Å². The zero-order valence-corrected chi connectivity index (χ0v) is 16.9. The van der Waals surface area contributed by atoms with E-state index in [1.54, 1.807) is 7.11 Å². The third-order valence-electron chi connectivity index (χ3n) is 5.21. The third-order valence-corrected chi connectivity index (χ3v) is 5.21. The second-order valence-corrected chi connectivity index (χ2v) is 7.18. The lowest BCUT2D eigenvalue weighted by Crippen LogP contribution is -2.48. The van der Waals surface area contributed by atoms with Crippen LogP contribution in [0.3, 0.4) is 0 Å². The Morgan fingerprint density at radius 1 is 1.14 bits per heavy atom. The van der Waals surface area contributed by atoms with Crippen molar-refractivity contribution in [2.45, 2.75) is 45.7 Å². The first-order valence-corrected chi connectivity index (χ1v) is 10.1. The van der Waals surface area contributed by atoms with E-state index in [2.05, 4.69) is 27.3 Å². The summed E-state index contributed by atoms with van der Waals surface area (Å²) in [5.74, 6) is 1.97. The molecule has 1 fully saturated rings. The van der Waals surface area contributed by atoms with Gasteiger partial charge in [-0.05, 0) is 41.0 Å². The fourth-order valence-corrected chi connectivity index (χ4v) is 3.38. The highest BCUT2D eigenvalue weighted by molar-refractivity contribution is 5.76. The van der Waals surface area contributed by atoms with Crippen molar-refractivity contribution in [2.24, 2.45) is 0 Å². The van der Waals surface area contributed by atoms with E-state index in [0.29, 0.717) is 6.42 Å². The van der Waals surface area contributed by atoms with Gasteiger partial charge < -0.3 is 9.64 Å². The molecular formula is C20H30N6O2. The summed E-state index contributed by atoms with van der Waals surface area (Å²) in [7, 11) is 1.66. The summed E-state index contributed by atoms with van der Waals surface area (Å²) >= 11 is 0. The van der Waals surface area contributed by atoms with Gasteiger partial charge in [-0.25, -0.2) is 4.68 Å². The van der Waals surface area contributed by atoms with Crippen LogP contribution in [-0.4, -0.2) is 69.2 Å². The summed E-state index contributed by atoms with van der Waals surface area (Å²) in [6.45, 7) is 7.00. The zero-order chi connectivity index (χ0) is 19.8. The lowest BCUT2D eigenvalue weighted by atomic mass is 10.1. The molecule has 1 aromatic carbocycles. The first kappa shape index (κ1) is 20.3. The standard InChI is InChI=1S/C20H30N6O2/c1-3-4-11-26-19(21-22-23-26)16-24-12-14-25(15-13-24)20(27)10-7-17-5-8-18(28-2)9-6-17/h5-6,8-9H,3-4,7,10-16H2,1-2H3. The maximum Gasteiger partial charge on any atom is 0.222 e. The molecule has 28 heavy (non-hydrogen) atoms. The zero-order valence-electron chi connectivity index (χ0n) is 16.9. The van der Waals surface area contributed by atoms with Gasteiger partial charge in [0.2, 0.25) is 5.91 Å². The molecule has 8 nitrogen and oxygen atoms in total. The van der Waals surface area contributed by atoms with E-state index >= 15 is 0 Å². The minimum Gasteiger partial charge on any atom is -0.497 e. The van der Waals surface area contributed by atoms with Gasteiger partial charge in [-0.3, -0.25) is 9.69 Å².